The van der Waals surface area contributed by atoms with Gasteiger partial charge in [-0.15, -0.1) is 0 Å². The van der Waals surface area contributed by atoms with Crippen molar-refractivity contribution in [3.8, 4) is 0 Å². The Kier molecular flexibility index (Phi) is 8.11. The van der Waals surface area contributed by atoms with Crippen LogP contribution in [0.25, 0.3) is 0 Å². The van der Waals surface area contributed by atoms with Crippen molar-refractivity contribution in [3.05, 3.63) is 0 Å². The smallest absolute Gasteiger partial charge is 0.408 e. The number of ether oxygens (including phenoxy) is 1. The van der Waals surface area contributed by atoms with E-state index in [2.05, 4.69) is 0 Å². The molecule has 3 nitrogen and oxygen atoms in total. The summed E-state index contributed by atoms with van der Waals surface area (Å²) in [4.78, 5) is 11.6. The summed E-state index contributed by atoms with van der Waals surface area (Å²) in [6, 6.07) is -1.85. The highest BCUT2D eigenvalue weighted by atomic mass is 19.4. The van der Waals surface area contributed by atoms with Crippen molar-refractivity contribution in [2.24, 2.45) is 5.92 Å². The number of amides is 1. The van der Waals surface area contributed by atoms with Crippen molar-refractivity contribution >= 4 is 6.09 Å². The quantitative estimate of drug-likeness (QED) is 0.714. The molecule has 0 aromatic rings. The van der Waals surface area contributed by atoms with Gasteiger partial charge in [0.1, 0.15) is 11.6 Å². The first kappa shape index (κ1) is 20.1. The van der Waals surface area contributed by atoms with Gasteiger partial charge in [-0.3, -0.25) is 0 Å². The molecule has 126 valence electrons. The molecular weight excluding hydrogens is 283 g/mol. The summed E-state index contributed by atoms with van der Waals surface area (Å²) >= 11 is 0. The fourth-order valence-electron chi connectivity index (χ4n) is 2.25. The number of alkyl halides is 3. The first-order chi connectivity index (χ1) is 9.49. The van der Waals surface area contributed by atoms with Crippen LogP contribution in [0.1, 0.15) is 66.7 Å². The number of hydrogen-bond acceptors (Lipinski definition) is 2. The number of carbonyl (C=O) groups is 1. The van der Waals surface area contributed by atoms with Crippen molar-refractivity contribution in [1.29, 1.82) is 0 Å². The monoisotopic (exact) mass is 311 g/mol. The molecule has 0 saturated carbocycles. The molecule has 0 radical (unpaired) electrons. The summed E-state index contributed by atoms with van der Waals surface area (Å²) in [6.45, 7) is 8.75. The maximum absolute atomic E-state index is 13.1. The molecule has 0 heterocycles. The van der Waals surface area contributed by atoms with Gasteiger partial charge in [0.2, 0.25) is 0 Å². The molecule has 1 unspecified atom stereocenters. The summed E-state index contributed by atoms with van der Waals surface area (Å²) in [7, 11) is 0. The maximum atomic E-state index is 13.1. The van der Waals surface area contributed by atoms with E-state index in [0.717, 1.165) is 25.7 Å². The molecule has 0 aliphatic rings. The van der Waals surface area contributed by atoms with Crippen LogP contribution in [0.3, 0.4) is 0 Å². The molecule has 0 saturated heterocycles. The predicted octanol–water partition coefficient (Wildman–Crippen LogP) is 5.05. The molecule has 0 aromatic heterocycles. The third-order valence-electron chi connectivity index (χ3n) is 3.05. The molecule has 0 aliphatic heterocycles. The SMILES string of the molecule is CCCC(CCC)CC(NC(=O)OC(C)(C)C)C(F)(F)F. The number of halogens is 3. The third kappa shape index (κ3) is 9.58. The molecule has 1 N–H and O–H groups in total. The lowest BCUT2D eigenvalue weighted by molar-refractivity contribution is -0.159. The summed E-state index contributed by atoms with van der Waals surface area (Å²) in [6.07, 6.45) is -2.44. The predicted molar refractivity (Wildman–Crippen MR) is 77.1 cm³/mol. The second kappa shape index (κ2) is 8.49. The Bertz CT molecular complexity index is 305. The Labute approximate surface area is 125 Å². The van der Waals surface area contributed by atoms with Crippen LogP contribution in [0.5, 0.6) is 0 Å². The first-order valence-corrected chi connectivity index (χ1v) is 7.55. The largest absolute Gasteiger partial charge is 0.444 e. The van der Waals surface area contributed by atoms with E-state index in [1.54, 1.807) is 20.8 Å². The van der Waals surface area contributed by atoms with Crippen LogP contribution in [-0.4, -0.2) is 23.9 Å². The summed E-state index contributed by atoms with van der Waals surface area (Å²) < 4.78 is 44.2. The zero-order chi connectivity index (χ0) is 16.7. The van der Waals surface area contributed by atoms with E-state index >= 15 is 0 Å². The zero-order valence-corrected chi connectivity index (χ0v) is 13.6. The highest BCUT2D eigenvalue weighted by molar-refractivity contribution is 5.68. The Balaban J connectivity index is 4.76. The molecule has 0 rings (SSSR count). The van der Waals surface area contributed by atoms with E-state index in [4.69, 9.17) is 4.74 Å². The Morgan fingerprint density at radius 3 is 1.90 bits per heavy atom. The minimum atomic E-state index is -4.46. The van der Waals surface area contributed by atoms with Gasteiger partial charge in [0, 0.05) is 0 Å². The minimum absolute atomic E-state index is 0.0402. The van der Waals surface area contributed by atoms with Crippen molar-refractivity contribution in [2.45, 2.75) is 84.5 Å². The second-order valence-corrected chi connectivity index (χ2v) is 6.42. The third-order valence-corrected chi connectivity index (χ3v) is 3.05. The summed E-state index contributed by atoms with van der Waals surface area (Å²) in [5.74, 6) is -0.0402. The van der Waals surface area contributed by atoms with Gasteiger partial charge in [-0.05, 0) is 33.1 Å². The molecule has 0 spiro atoms. The second-order valence-electron chi connectivity index (χ2n) is 6.42. The first-order valence-electron chi connectivity index (χ1n) is 7.55. The molecule has 0 aliphatic carbocycles. The van der Waals surface area contributed by atoms with E-state index in [9.17, 15) is 18.0 Å². The van der Waals surface area contributed by atoms with Gasteiger partial charge < -0.3 is 10.1 Å². The number of rotatable bonds is 7. The lowest BCUT2D eigenvalue weighted by atomic mass is 9.91. The minimum Gasteiger partial charge on any atom is -0.444 e. The Hall–Kier alpha value is -0.940. The highest BCUT2D eigenvalue weighted by Gasteiger charge is 2.42. The standard InChI is InChI=1S/C15H28F3NO2/c1-6-8-11(9-7-2)10-12(15(16,17)18)19-13(20)21-14(3,4)5/h11-12H,6-10H2,1-5H3,(H,19,20). The molecule has 1 atom stereocenters. The van der Waals surface area contributed by atoms with E-state index in [0.29, 0.717) is 0 Å². The van der Waals surface area contributed by atoms with Crippen LogP contribution in [0.15, 0.2) is 0 Å². The molecule has 0 bridgehead atoms. The Morgan fingerprint density at radius 1 is 1.10 bits per heavy atom. The topological polar surface area (TPSA) is 38.3 Å². The van der Waals surface area contributed by atoms with Crippen LogP contribution in [0, 0.1) is 5.92 Å². The van der Waals surface area contributed by atoms with Gasteiger partial charge in [0.05, 0.1) is 0 Å². The average Bonchev–Trinajstić information content (AvgIpc) is 2.24. The molecule has 0 fully saturated rings. The number of carbonyl (C=O) groups excluding carboxylic acids is 1. The van der Waals surface area contributed by atoms with Crippen LogP contribution in [0.2, 0.25) is 0 Å². The number of alkyl carbamates (subject to hydrolysis) is 1. The fraction of sp³-hybridized carbons (Fsp3) is 0.933. The van der Waals surface area contributed by atoms with Gasteiger partial charge in [0.25, 0.3) is 0 Å². The lowest BCUT2D eigenvalue weighted by Crippen LogP contribution is -2.48. The van der Waals surface area contributed by atoms with Crippen LogP contribution < -0.4 is 5.32 Å². The van der Waals surface area contributed by atoms with Gasteiger partial charge in [-0.2, -0.15) is 13.2 Å². The molecule has 1 amide bonds. The van der Waals surface area contributed by atoms with E-state index in [-0.39, 0.29) is 12.3 Å². The van der Waals surface area contributed by atoms with Crippen molar-refractivity contribution < 1.29 is 22.7 Å². The zero-order valence-electron chi connectivity index (χ0n) is 13.6. The molecule has 21 heavy (non-hydrogen) atoms. The molecule has 0 aromatic carbocycles. The van der Waals surface area contributed by atoms with Gasteiger partial charge in [0.15, 0.2) is 0 Å². The number of nitrogens with one attached hydrogen (secondary N) is 1. The molecular formula is C15H28F3NO2. The van der Waals surface area contributed by atoms with Crippen LogP contribution >= 0.6 is 0 Å². The van der Waals surface area contributed by atoms with Crippen molar-refractivity contribution in [1.82, 2.24) is 5.32 Å². The highest BCUT2D eigenvalue weighted by Crippen LogP contribution is 2.29. The summed E-state index contributed by atoms with van der Waals surface area (Å²) in [5, 5.41) is 1.97. The molecule has 6 heteroatoms. The Morgan fingerprint density at radius 2 is 1.57 bits per heavy atom. The summed E-state index contributed by atoms with van der Waals surface area (Å²) in [5.41, 5.74) is -0.813. The lowest BCUT2D eigenvalue weighted by Gasteiger charge is -2.27. The van der Waals surface area contributed by atoms with Crippen molar-refractivity contribution in [2.75, 3.05) is 0 Å². The van der Waals surface area contributed by atoms with Gasteiger partial charge >= 0.3 is 12.3 Å². The van der Waals surface area contributed by atoms with Gasteiger partial charge in [-0.25, -0.2) is 4.79 Å². The van der Waals surface area contributed by atoms with Gasteiger partial charge in [-0.1, -0.05) is 39.5 Å². The van der Waals surface area contributed by atoms with Crippen LogP contribution in [-0.2, 0) is 4.74 Å². The van der Waals surface area contributed by atoms with Crippen LogP contribution in [0.4, 0.5) is 18.0 Å². The van der Waals surface area contributed by atoms with Crippen molar-refractivity contribution in [3.63, 3.8) is 0 Å². The maximum Gasteiger partial charge on any atom is 0.408 e. The normalized spacial score (nSPS) is 14.1. The van der Waals surface area contributed by atoms with E-state index in [1.165, 1.54) is 0 Å². The fourth-order valence-corrected chi connectivity index (χ4v) is 2.25. The van der Waals surface area contributed by atoms with E-state index in [1.807, 2.05) is 19.2 Å². The number of hydrogen-bond donors (Lipinski definition) is 1. The van der Waals surface area contributed by atoms with E-state index < -0.39 is 23.9 Å². The average molecular weight is 311 g/mol.